The minimum Gasteiger partial charge on any atom is -0.454 e. The number of benzene rings is 2. The first-order valence-electron chi connectivity index (χ1n) is 9.05. The lowest BCUT2D eigenvalue weighted by molar-refractivity contribution is 0.438. The van der Waals surface area contributed by atoms with Crippen LogP contribution in [0.1, 0.15) is 0 Å². The number of pyridine rings is 1. The number of halogens is 2. The molecule has 4 aromatic rings. The topological polar surface area (TPSA) is 83.2 Å². The molecular weight excluding hydrogens is 428 g/mol. The van der Waals surface area contributed by atoms with Crippen molar-refractivity contribution in [2.45, 2.75) is 4.90 Å². The fraction of sp³-hybridized carbons (Fsp3) is 0.143. The Kier molecular flexibility index (Phi) is 4.89. The predicted molar refractivity (Wildman–Crippen MR) is 111 cm³/mol. The molecule has 160 valence electrons. The number of nitrogens with zero attached hydrogens (tertiary/aromatic N) is 3. The molecule has 4 rings (SSSR count). The number of sulfone groups is 1. The van der Waals surface area contributed by atoms with E-state index in [1.54, 1.807) is 20.3 Å². The summed E-state index contributed by atoms with van der Waals surface area (Å²) in [6, 6.07) is 6.95. The Morgan fingerprint density at radius 2 is 1.68 bits per heavy atom. The molecule has 0 bridgehead atoms. The van der Waals surface area contributed by atoms with E-state index < -0.39 is 21.5 Å². The van der Waals surface area contributed by atoms with E-state index in [4.69, 9.17) is 4.74 Å². The smallest absolute Gasteiger partial charge is 0.261 e. The Balaban J connectivity index is 2.01. The lowest BCUT2D eigenvalue weighted by atomic mass is 10.0. The van der Waals surface area contributed by atoms with Crippen LogP contribution in [0.5, 0.6) is 11.5 Å². The SMILES string of the molecule is Cn1cc2c(=O)n(C)cc(-c3cc(S(C)(=O)=O)ccc3Oc3ccc(F)cc3F)c2n1. The number of rotatable bonds is 4. The standard InChI is InChI=1S/C21H17F2N3O4S/c1-25-10-15(20-16(21(25)27)11-26(2)24-20)14-9-13(31(3,28)29)5-7-18(14)30-19-6-4-12(22)8-17(19)23/h4-11H,1-3H3. The highest BCUT2D eigenvalue weighted by Gasteiger charge is 2.20. The van der Waals surface area contributed by atoms with Gasteiger partial charge in [-0.05, 0) is 30.3 Å². The third kappa shape index (κ3) is 3.81. The molecule has 0 unspecified atom stereocenters. The minimum atomic E-state index is -3.58. The lowest BCUT2D eigenvalue weighted by Gasteiger charge is -2.14. The molecule has 0 aliphatic carbocycles. The van der Waals surface area contributed by atoms with E-state index in [1.807, 2.05) is 0 Å². The van der Waals surface area contributed by atoms with Crippen LogP contribution in [-0.2, 0) is 23.9 Å². The summed E-state index contributed by atoms with van der Waals surface area (Å²) < 4.78 is 60.3. The Hall–Kier alpha value is -3.53. The van der Waals surface area contributed by atoms with Gasteiger partial charge in [0.05, 0.1) is 10.3 Å². The van der Waals surface area contributed by atoms with Gasteiger partial charge in [0.1, 0.15) is 17.1 Å². The second-order valence-electron chi connectivity index (χ2n) is 7.13. The second kappa shape index (κ2) is 7.31. The minimum absolute atomic E-state index is 0.00682. The zero-order valence-corrected chi connectivity index (χ0v) is 17.6. The fourth-order valence-corrected chi connectivity index (χ4v) is 3.91. The molecule has 31 heavy (non-hydrogen) atoms. The van der Waals surface area contributed by atoms with Crippen LogP contribution in [0.2, 0.25) is 0 Å². The summed E-state index contributed by atoms with van der Waals surface area (Å²) in [7, 11) is -0.368. The van der Waals surface area contributed by atoms with E-state index in [0.29, 0.717) is 22.5 Å². The van der Waals surface area contributed by atoms with Crippen LogP contribution < -0.4 is 10.3 Å². The number of ether oxygens (including phenoxy) is 1. The molecule has 0 atom stereocenters. The van der Waals surface area contributed by atoms with Crippen LogP contribution in [0.25, 0.3) is 22.0 Å². The van der Waals surface area contributed by atoms with Crippen LogP contribution in [0.3, 0.4) is 0 Å². The second-order valence-corrected chi connectivity index (χ2v) is 9.15. The van der Waals surface area contributed by atoms with Gasteiger partial charge in [0.2, 0.25) is 0 Å². The summed E-state index contributed by atoms with van der Waals surface area (Å²) in [5.41, 5.74) is 0.755. The number of aryl methyl sites for hydroxylation is 2. The van der Waals surface area contributed by atoms with Gasteiger partial charge in [0, 0.05) is 49.9 Å². The van der Waals surface area contributed by atoms with Gasteiger partial charge in [0.15, 0.2) is 21.4 Å². The summed E-state index contributed by atoms with van der Waals surface area (Å²) in [4.78, 5) is 12.5. The number of hydrogen-bond acceptors (Lipinski definition) is 5. The van der Waals surface area contributed by atoms with Crippen molar-refractivity contribution in [1.29, 1.82) is 0 Å². The van der Waals surface area contributed by atoms with Crippen LogP contribution in [0.15, 0.2) is 58.5 Å². The molecule has 0 N–H and O–H groups in total. The quantitative estimate of drug-likeness (QED) is 0.481. The summed E-state index contributed by atoms with van der Waals surface area (Å²) in [5.74, 6) is -1.80. The van der Waals surface area contributed by atoms with Crippen molar-refractivity contribution in [3.8, 4) is 22.6 Å². The normalized spacial score (nSPS) is 11.8. The van der Waals surface area contributed by atoms with Crippen molar-refractivity contribution in [2.24, 2.45) is 14.1 Å². The predicted octanol–water partition coefficient (Wildman–Crippen LogP) is 3.41. The Labute approximate surface area is 176 Å². The summed E-state index contributed by atoms with van der Waals surface area (Å²) in [6.45, 7) is 0. The van der Waals surface area contributed by atoms with E-state index in [0.717, 1.165) is 18.4 Å². The Morgan fingerprint density at radius 1 is 0.968 bits per heavy atom. The third-order valence-electron chi connectivity index (χ3n) is 4.74. The van der Waals surface area contributed by atoms with Gasteiger partial charge in [-0.15, -0.1) is 0 Å². The summed E-state index contributed by atoms with van der Waals surface area (Å²) >= 11 is 0. The van der Waals surface area contributed by atoms with Crippen LogP contribution in [0, 0.1) is 11.6 Å². The van der Waals surface area contributed by atoms with Crippen LogP contribution >= 0.6 is 0 Å². The van der Waals surface area contributed by atoms with Gasteiger partial charge in [-0.1, -0.05) is 0 Å². The molecule has 0 aliphatic rings. The first-order chi connectivity index (χ1) is 14.5. The first kappa shape index (κ1) is 20.7. The maximum atomic E-state index is 14.2. The Bertz CT molecular complexity index is 1510. The molecule has 0 spiro atoms. The van der Waals surface area contributed by atoms with Gasteiger partial charge in [-0.2, -0.15) is 5.10 Å². The molecule has 0 radical (unpaired) electrons. The van der Waals surface area contributed by atoms with Crippen molar-refractivity contribution < 1.29 is 21.9 Å². The van der Waals surface area contributed by atoms with E-state index in [2.05, 4.69) is 5.10 Å². The molecule has 0 fully saturated rings. The Morgan fingerprint density at radius 3 is 2.35 bits per heavy atom. The molecule has 0 saturated heterocycles. The lowest BCUT2D eigenvalue weighted by Crippen LogP contribution is -2.16. The molecule has 0 saturated carbocycles. The average Bonchev–Trinajstić information content (AvgIpc) is 3.08. The average molecular weight is 445 g/mol. The zero-order valence-electron chi connectivity index (χ0n) is 16.8. The molecule has 7 nitrogen and oxygen atoms in total. The number of aromatic nitrogens is 3. The highest BCUT2D eigenvalue weighted by molar-refractivity contribution is 7.90. The maximum absolute atomic E-state index is 14.2. The van der Waals surface area contributed by atoms with Gasteiger partial charge >= 0.3 is 0 Å². The fourth-order valence-electron chi connectivity index (χ4n) is 3.26. The molecule has 2 aromatic heterocycles. The van der Waals surface area contributed by atoms with Crippen molar-refractivity contribution >= 4 is 20.7 Å². The van der Waals surface area contributed by atoms with Crippen molar-refractivity contribution in [3.63, 3.8) is 0 Å². The number of hydrogen-bond donors (Lipinski definition) is 0. The largest absolute Gasteiger partial charge is 0.454 e. The molecule has 2 heterocycles. The van der Waals surface area contributed by atoms with Crippen molar-refractivity contribution in [1.82, 2.24) is 14.3 Å². The van der Waals surface area contributed by atoms with Crippen molar-refractivity contribution in [3.05, 3.63) is 70.8 Å². The van der Waals surface area contributed by atoms with Crippen LogP contribution in [-0.4, -0.2) is 29.0 Å². The summed E-state index contributed by atoms with van der Waals surface area (Å²) in [5, 5.41) is 4.66. The molecule has 10 heteroatoms. The maximum Gasteiger partial charge on any atom is 0.261 e. The van der Waals surface area contributed by atoms with Gasteiger partial charge in [-0.3, -0.25) is 9.48 Å². The van der Waals surface area contributed by atoms with Crippen molar-refractivity contribution in [2.75, 3.05) is 6.26 Å². The van der Waals surface area contributed by atoms with Crippen LogP contribution in [0.4, 0.5) is 8.78 Å². The molecular formula is C21H17F2N3O4S. The van der Waals surface area contributed by atoms with Gasteiger partial charge < -0.3 is 9.30 Å². The third-order valence-corrected chi connectivity index (χ3v) is 5.85. The number of fused-ring (bicyclic) bond motifs is 1. The van der Waals surface area contributed by atoms with E-state index in [-0.39, 0.29) is 27.5 Å². The van der Waals surface area contributed by atoms with Gasteiger partial charge in [-0.25, -0.2) is 17.2 Å². The summed E-state index contributed by atoms with van der Waals surface area (Å²) in [6.07, 6.45) is 4.12. The molecule has 2 aromatic carbocycles. The highest BCUT2D eigenvalue weighted by atomic mass is 32.2. The molecule has 0 aliphatic heterocycles. The van der Waals surface area contributed by atoms with E-state index in [1.165, 1.54) is 33.6 Å². The first-order valence-corrected chi connectivity index (χ1v) is 10.9. The van der Waals surface area contributed by atoms with Gasteiger partial charge in [0.25, 0.3) is 5.56 Å². The molecule has 0 amide bonds. The van der Waals surface area contributed by atoms with E-state index in [9.17, 15) is 22.0 Å². The zero-order chi connectivity index (χ0) is 22.5. The monoisotopic (exact) mass is 445 g/mol. The van der Waals surface area contributed by atoms with E-state index >= 15 is 0 Å². The highest BCUT2D eigenvalue weighted by Crippen LogP contribution is 2.38.